The third-order valence-corrected chi connectivity index (χ3v) is 4.59. The number of fused-ring (bicyclic) bond motifs is 1. The molecule has 0 aromatic carbocycles. The molecule has 0 amide bonds. The predicted octanol–water partition coefficient (Wildman–Crippen LogP) is 3.41. The topological polar surface area (TPSA) is 63.8 Å². The maximum absolute atomic E-state index is 5.98. The highest BCUT2D eigenvalue weighted by Gasteiger charge is 2.17. The molecule has 1 aliphatic rings. The fourth-order valence-corrected chi connectivity index (χ4v) is 3.41. The van der Waals surface area contributed by atoms with Gasteiger partial charge in [-0.15, -0.1) is 11.3 Å². The van der Waals surface area contributed by atoms with Crippen LogP contribution in [0.1, 0.15) is 30.5 Å². The standard InChI is InChI=1S/C13H15ClN4S/c14-11-7-6-10(19-11)13-16-9-5-3-1-2-4-8(9)12(17-13)18-15/h6-7H,1-5,15H2,(H,16,17,18). The molecule has 100 valence electrons. The highest BCUT2D eigenvalue weighted by molar-refractivity contribution is 7.19. The minimum Gasteiger partial charge on any atom is -0.308 e. The lowest BCUT2D eigenvalue weighted by Gasteiger charge is -2.11. The summed E-state index contributed by atoms with van der Waals surface area (Å²) >= 11 is 7.46. The lowest BCUT2D eigenvalue weighted by Crippen LogP contribution is -2.14. The molecule has 2 aromatic heterocycles. The van der Waals surface area contributed by atoms with Gasteiger partial charge in [0.15, 0.2) is 5.82 Å². The van der Waals surface area contributed by atoms with Gasteiger partial charge in [0.1, 0.15) is 5.82 Å². The second kappa shape index (κ2) is 5.45. The zero-order valence-corrected chi connectivity index (χ0v) is 12.0. The van der Waals surface area contributed by atoms with E-state index in [1.165, 1.54) is 36.2 Å². The average Bonchev–Trinajstić information content (AvgIpc) is 2.72. The molecule has 4 nitrogen and oxygen atoms in total. The normalized spacial score (nSPS) is 14.8. The van der Waals surface area contributed by atoms with Gasteiger partial charge < -0.3 is 5.43 Å². The molecule has 0 spiro atoms. The molecule has 0 atom stereocenters. The molecule has 0 aliphatic heterocycles. The predicted molar refractivity (Wildman–Crippen MR) is 79.4 cm³/mol. The molecule has 0 radical (unpaired) electrons. The van der Waals surface area contributed by atoms with Crippen LogP contribution in [0.3, 0.4) is 0 Å². The van der Waals surface area contributed by atoms with E-state index in [1.807, 2.05) is 12.1 Å². The Morgan fingerprint density at radius 3 is 2.74 bits per heavy atom. The van der Waals surface area contributed by atoms with Crippen LogP contribution in [0.2, 0.25) is 4.34 Å². The van der Waals surface area contributed by atoms with Crippen LogP contribution in [0.25, 0.3) is 10.7 Å². The number of nitrogens with one attached hydrogen (secondary N) is 1. The first-order valence-electron chi connectivity index (χ1n) is 6.40. The molecule has 6 heteroatoms. The minimum absolute atomic E-state index is 0.713. The fraction of sp³-hybridized carbons (Fsp3) is 0.385. The van der Waals surface area contributed by atoms with Crippen molar-refractivity contribution in [3.8, 4) is 10.7 Å². The molecule has 0 saturated carbocycles. The van der Waals surface area contributed by atoms with Gasteiger partial charge in [0, 0.05) is 11.3 Å². The Morgan fingerprint density at radius 1 is 1.16 bits per heavy atom. The SMILES string of the molecule is NNc1nc(-c2ccc(Cl)s2)nc2c1CCCCC2. The van der Waals surface area contributed by atoms with E-state index in [2.05, 4.69) is 10.4 Å². The summed E-state index contributed by atoms with van der Waals surface area (Å²) < 4.78 is 0.746. The van der Waals surface area contributed by atoms with Gasteiger partial charge in [0.2, 0.25) is 0 Å². The van der Waals surface area contributed by atoms with E-state index in [9.17, 15) is 0 Å². The molecule has 3 N–H and O–H groups in total. The van der Waals surface area contributed by atoms with Crippen molar-refractivity contribution >= 4 is 28.8 Å². The molecule has 0 fully saturated rings. The van der Waals surface area contributed by atoms with Crippen molar-refractivity contribution in [3.63, 3.8) is 0 Å². The Hall–Kier alpha value is -1.17. The maximum Gasteiger partial charge on any atom is 0.171 e. The maximum atomic E-state index is 5.98. The number of anilines is 1. The van der Waals surface area contributed by atoms with Gasteiger partial charge in [-0.05, 0) is 37.8 Å². The summed E-state index contributed by atoms with van der Waals surface area (Å²) in [5.41, 5.74) is 5.02. The quantitative estimate of drug-likeness (QED) is 0.506. The van der Waals surface area contributed by atoms with Crippen LogP contribution in [0.4, 0.5) is 5.82 Å². The molecule has 1 aliphatic carbocycles. The summed E-state index contributed by atoms with van der Waals surface area (Å²) in [6.07, 6.45) is 5.59. The third-order valence-electron chi connectivity index (χ3n) is 3.36. The van der Waals surface area contributed by atoms with Crippen molar-refractivity contribution in [2.45, 2.75) is 32.1 Å². The molecular weight excluding hydrogens is 280 g/mol. The van der Waals surface area contributed by atoms with Gasteiger partial charge in [-0.3, -0.25) is 0 Å². The first-order valence-corrected chi connectivity index (χ1v) is 7.59. The van der Waals surface area contributed by atoms with Crippen LogP contribution < -0.4 is 11.3 Å². The number of aromatic nitrogens is 2. The largest absolute Gasteiger partial charge is 0.308 e. The van der Waals surface area contributed by atoms with Gasteiger partial charge >= 0.3 is 0 Å². The van der Waals surface area contributed by atoms with Gasteiger partial charge in [-0.1, -0.05) is 18.0 Å². The fourth-order valence-electron chi connectivity index (χ4n) is 2.43. The summed E-state index contributed by atoms with van der Waals surface area (Å²) in [5, 5.41) is 0. The summed E-state index contributed by atoms with van der Waals surface area (Å²) in [4.78, 5) is 10.2. The number of hydrogen-bond acceptors (Lipinski definition) is 5. The molecule has 0 bridgehead atoms. The number of rotatable bonds is 2. The Morgan fingerprint density at radius 2 is 2.00 bits per heavy atom. The molecule has 3 rings (SSSR count). The van der Waals surface area contributed by atoms with Gasteiger partial charge in [0.25, 0.3) is 0 Å². The molecule has 0 saturated heterocycles. The third kappa shape index (κ3) is 2.59. The number of nitrogens with zero attached hydrogens (tertiary/aromatic N) is 2. The van der Waals surface area contributed by atoms with E-state index in [4.69, 9.17) is 22.4 Å². The van der Waals surface area contributed by atoms with Crippen molar-refractivity contribution in [1.82, 2.24) is 9.97 Å². The van der Waals surface area contributed by atoms with E-state index >= 15 is 0 Å². The van der Waals surface area contributed by atoms with Crippen LogP contribution in [-0.4, -0.2) is 9.97 Å². The molecular formula is C13H15ClN4S. The van der Waals surface area contributed by atoms with E-state index in [-0.39, 0.29) is 0 Å². The number of nitrogens with two attached hydrogens (primary N) is 1. The van der Waals surface area contributed by atoms with Crippen LogP contribution in [0, 0.1) is 0 Å². The second-order valence-corrected chi connectivity index (χ2v) is 6.34. The number of aryl methyl sites for hydroxylation is 1. The number of nitrogen functional groups attached to an aromatic ring is 1. The van der Waals surface area contributed by atoms with Crippen LogP contribution >= 0.6 is 22.9 Å². The van der Waals surface area contributed by atoms with Crippen LogP contribution in [0.5, 0.6) is 0 Å². The van der Waals surface area contributed by atoms with E-state index < -0.39 is 0 Å². The Bertz CT molecular complexity index is 596. The number of hydrazine groups is 1. The summed E-state index contributed by atoms with van der Waals surface area (Å²) in [6, 6.07) is 3.82. The molecule has 2 aromatic rings. The molecule has 2 heterocycles. The Kier molecular flexibility index (Phi) is 3.68. The molecule has 19 heavy (non-hydrogen) atoms. The van der Waals surface area contributed by atoms with Crippen molar-refractivity contribution in [1.29, 1.82) is 0 Å². The Labute approximate surface area is 121 Å². The van der Waals surface area contributed by atoms with Crippen molar-refractivity contribution < 1.29 is 0 Å². The first-order chi connectivity index (χ1) is 9.28. The number of halogens is 1. The van der Waals surface area contributed by atoms with Crippen molar-refractivity contribution in [2.75, 3.05) is 5.43 Å². The van der Waals surface area contributed by atoms with E-state index in [1.54, 1.807) is 0 Å². The average molecular weight is 295 g/mol. The van der Waals surface area contributed by atoms with Crippen molar-refractivity contribution in [2.24, 2.45) is 5.84 Å². The zero-order valence-electron chi connectivity index (χ0n) is 10.4. The van der Waals surface area contributed by atoms with Gasteiger partial charge in [-0.25, -0.2) is 15.8 Å². The van der Waals surface area contributed by atoms with Gasteiger partial charge in [0.05, 0.1) is 9.21 Å². The van der Waals surface area contributed by atoms with E-state index in [0.717, 1.165) is 33.6 Å². The van der Waals surface area contributed by atoms with Crippen LogP contribution in [0.15, 0.2) is 12.1 Å². The summed E-state index contributed by atoms with van der Waals surface area (Å²) in [5.74, 6) is 7.08. The van der Waals surface area contributed by atoms with Crippen LogP contribution in [-0.2, 0) is 12.8 Å². The monoisotopic (exact) mass is 294 g/mol. The summed E-state index contributed by atoms with van der Waals surface area (Å²) in [6.45, 7) is 0. The second-order valence-electron chi connectivity index (χ2n) is 4.63. The minimum atomic E-state index is 0.713. The van der Waals surface area contributed by atoms with E-state index in [0.29, 0.717) is 5.82 Å². The smallest absolute Gasteiger partial charge is 0.171 e. The molecule has 0 unspecified atom stereocenters. The number of thiophene rings is 1. The lowest BCUT2D eigenvalue weighted by atomic mass is 10.1. The first kappa shape index (κ1) is 12.8. The highest BCUT2D eigenvalue weighted by atomic mass is 35.5. The van der Waals surface area contributed by atoms with Crippen molar-refractivity contribution in [3.05, 3.63) is 27.7 Å². The van der Waals surface area contributed by atoms with Gasteiger partial charge in [-0.2, -0.15) is 0 Å². The zero-order chi connectivity index (χ0) is 13.2. The lowest BCUT2D eigenvalue weighted by molar-refractivity contribution is 0.709. The highest BCUT2D eigenvalue weighted by Crippen LogP contribution is 2.32. The number of hydrogen-bond donors (Lipinski definition) is 2. The summed E-state index contributed by atoms with van der Waals surface area (Å²) in [7, 11) is 0. The Balaban J connectivity index is 2.09.